The fourth-order valence-electron chi connectivity index (χ4n) is 2.43. The minimum Gasteiger partial charge on any atom is -0.445 e. The number of nitrogens with one attached hydrogen (secondary N) is 1. The maximum absolute atomic E-state index is 12.3. The van der Waals surface area contributed by atoms with Crippen LogP contribution in [0, 0.1) is 6.92 Å². The van der Waals surface area contributed by atoms with Crippen LogP contribution in [-0.4, -0.2) is 15.9 Å². The van der Waals surface area contributed by atoms with Gasteiger partial charge in [-0.3, -0.25) is 9.78 Å². The number of aryl methyl sites for hydroxylation is 1. The number of hydrogen-bond acceptors (Lipinski definition) is 4. The van der Waals surface area contributed by atoms with Crippen LogP contribution < -0.4 is 5.32 Å². The lowest BCUT2D eigenvalue weighted by molar-refractivity contribution is 0.0933. The Labute approximate surface area is 123 Å². The van der Waals surface area contributed by atoms with E-state index in [0.29, 0.717) is 23.3 Å². The molecule has 0 saturated heterocycles. The molecule has 0 bridgehead atoms. The van der Waals surface area contributed by atoms with Gasteiger partial charge in [-0.15, -0.1) is 0 Å². The van der Waals surface area contributed by atoms with Crippen LogP contribution >= 0.6 is 0 Å². The number of oxazole rings is 1. The molecule has 0 radical (unpaired) electrons. The lowest BCUT2D eigenvalue weighted by Gasteiger charge is -2.21. The number of carbonyl (C=O) groups is 1. The summed E-state index contributed by atoms with van der Waals surface area (Å²) in [6.07, 6.45) is 5.13. The van der Waals surface area contributed by atoms with Crippen LogP contribution in [-0.2, 0) is 0 Å². The van der Waals surface area contributed by atoms with Gasteiger partial charge in [-0.05, 0) is 38.8 Å². The molecule has 3 rings (SSSR count). The highest BCUT2D eigenvalue weighted by Gasteiger charge is 2.27. The van der Waals surface area contributed by atoms with E-state index in [1.54, 1.807) is 13.1 Å². The Balaban J connectivity index is 1.71. The lowest BCUT2D eigenvalue weighted by Crippen LogP contribution is -2.28. The second kappa shape index (κ2) is 5.68. The number of rotatable bonds is 4. The van der Waals surface area contributed by atoms with Crippen molar-refractivity contribution in [2.24, 2.45) is 0 Å². The average Bonchev–Trinajstić information content (AvgIpc) is 2.79. The molecule has 2 heterocycles. The van der Waals surface area contributed by atoms with E-state index in [4.69, 9.17) is 4.42 Å². The summed E-state index contributed by atoms with van der Waals surface area (Å²) >= 11 is 0. The highest BCUT2D eigenvalue weighted by molar-refractivity contribution is 5.93. The van der Waals surface area contributed by atoms with Gasteiger partial charge in [0.25, 0.3) is 5.91 Å². The molecule has 1 saturated carbocycles. The molecule has 1 amide bonds. The van der Waals surface area contributed by atoms with Gasteiger partial charge in [0.05, 0.1) is 11.7 Å². The normalized spacial score (nSPS) is 16.3. The van der Waals surface area contributed by atoms with E-state index in [2.05, 4.69) is 15.3 Å². The summed E-state index contributed by atoms with van der Waals surface area (Å²) in [5.41, 5.74) is 1.21. The molecule has 1 aliphatic rings. The van der Waals surface area contributed by atoms with Crippen molar-refractivity contribution in [2.45, 2.75) is 45.1 Å². The number of pyridine rings is 1. The van der Waals surface area contributed by atoms with Crippen LogP contribution in [0.3, 0.4) is 0 Å². The van der Waals surface area contributed by atoms with Gasteiger partial charge in [-0.25, -0.2) is 4.98 Å². The van der Waals surface area contributed by atoms with Gasteiger partial charge in [0.1, 0.15) is 5.76 Å². The summed E-state index contributed by atoms with van der Waals surface area (Å²) in [6.45, 7) is 3.69. The van der Waals surface area contributed by atoms with Crippen molar-refractivity contribution >= 4 is 5.91 Å². The van der Waals surface area contributed by atoms with Gasteiger partial charge in [0, 0.05) is 12.1 Å². The largest absolute Gasteiger partial charge is 0.445 e. The van der Waals surface area contributed by atoms with Gasteiger partial charge in [-0.1, -0.05) is 12.5 Å². The van der Waals surface area contributed by atoms with Crippen LogP contribution in [0.25, 0.3) is 0 Å². The first-order chi connectivity index (χ1) is 10.1. The number of hydrogen-bond donors (Lipinski definition) is 1. The predicted molar refractivity (Wildman–Crippen MR) is 78.0 cm³/mol. The Morgan fingerprint density at radius 1 is 1.43 bits per heavy atom. The molecule has 1 atom stereocenters. The van der Waals surface area contributed by atoms with E-state index in [9.17, 15) is 4.79 Å². The molecule has 2 aromatic rings. The monoisotopic (exact) mass is 285 g/mol. The molecule has 0 aliphatic heterocycles. The highest BCUT2D eigenvalue weighted by atomic mass is 16.4. The highest BCUT2D eigenvalue weighted by Crippen LogP contribution is 2.36. The van der Waals surface area contributed by atoms with E-state index in [-0.39, 0.29) is 11.9 Å². The molecule has 2 aromatic heterocycles. The molecule has 110 valence electrons. The van der Waals surface area contributed by atoms with Gasteiger partial charge in [0.2, 0.25) is 0 Å². The Morgan fingerprint density at radius 2 is 2.24 bits per heavy atom. The average molecular weight is 285 g/mol. The first-order valence-electron chi connectivity index (χ1n) is 7.34. The topological polar surface area (TPSA) is 68.0 Å². The number of amides is 1. The molecule has 1 N–H and O–H groups in total. The van der Waals surface area contributed by atoms with Gasteiger partial charge in [0.15, 0.2) is 11.6 Å². The fraction of sp³-hybridized carbons (Fsp3) is 0.438. The summed E-state index contributed by atoms with van der Waals surface area (Å²) in [7, 11) is 0. The third-order valence-corrected chi connectivity index (χ3v) is 3.96. The molecule has 21 heavy (non-hydrogen) atoms. The minimum atomic E-state index is -0.208. The third-order valence-electron chi connectivity index (χ3n) is 3.96. The van der Waals surface area contributed by atoms with Gasteiger partial charge >= 0.3 is 0 Å². The van der Waals surface area contributed by atoms with Crippen LogP contribution in [0.5, 0.6) is 0 Å². The summed E-state index contributed by atoms with van der Waals surface area (Å²) in [4.78, 5) is 21.0. The molecule has 1 aliphatic carbocycles. The van der Waals surface area contributed by atoms with Crippen molar-refractivity contribution in [1.29, 1.82) is 0 Å². The number of aromatic nitrogens is 2. The van der Waals surface area contributed by atoms with Crippen LogP contribution in [0.15, 0.2) is 28.8 Å². The Hall–Kier alpha value is -2.17. The maximum atomic E-state index is 12.3. The Morgan fingerprint density at radius 3 is 2.86 bits per heavy atom. The van der Waals surface area contributed by atoms with Crippen LogP contribution in [0.2, 0.25) is 0 Å². The molecular weight excluding hydrogens is 266 g/mol. The number of nitrogens with zero attached hydrogens (tertiary/aromatic N) is 2. The molecule has 5 heteroatoms. The third kappa shape index (κ3) is 2.82. The predicted octanol–water partition coefficient (Wildman–Crippen LogP) is 3.14. The Bertz CT molecular complexity index is 632. The lowest BCUT2D eigenvalue weighted by atomic mass is 9.85. The van der Waals surface area contributed by atoms with Gasteiger partial charge in [-0.2, -0.15) is 0 Å². The summed E-state index contributed by atoms with van der Waals surface area (Å²) < 4.78 is 5.64. The van der Waals surface area contributed by atoms with Crippen molar-refractivity contribution in [2.75, 3.05) is 0 Å². The van der Waals surface area contributed by atoms with E-state index < -0.39 is 0 Å². The quantitative estimate of drug-likeness (QED) is 0.937. The van der Waals surface area contributed by atoms with Crippen molar-refractivity contribution in [1.82, 2.24) is 15.3 Å². The van der Waals surface area contributed by atoms with E-state index in [0.717, 1.165) is 18.5 Å². The summed E-state index contributed by atoms with van der Waals surface area (Å²) in [5.74, 6) is 1.47. The van der Waals surface area contributed by atoms with Crippen molar-refractivity contribution in [3.63, 3.8) is 0 Å². The molecule has 0 aromatic carbocycles. The van der Waals surface area contributed by atoms with E-state index >= 15 is 0 Å². The molecule has 0 unspecified atom stereocenters. The Kier molecular flexibility index (Phi) is 3.73. The van der Waals surface area contributed by atoms with Crippen LogP contribution in [0.1, 0.15) is 66.0 Å². The standard InChI is InChI=1S/C16H19N3O2/c1-10(13-8-3-4-9-17-13)18-15(20)14-11(2)21-16(19-14)12-6-5-7-12/h3-4,8-10,12H,5-7H2,1-2H3,(H,18,20)/t10-/m1/s1. The van der Waals surface area contributed by atoms with Crippen molar-refractivity contribution in [3.05, 3.63) is 47.4 Å². The van der Waals surface area contributed by atoms with Gasteiger partial charge < -0.3 is 9.73 Å². The second-order valence-electron chi connectivity index (χ2n) is 5.53. The zero-order chi connectivity index (χ0) is 14.8. The first-order valence-corrected chi connectivity index (χ1v) is 7.34. The second-order valence-corrected chi connectivity index (χ2v) is 5.53. The summed E-state index contributed by atoms with van der Waals surface area (Å²) in [5, 5.41) is 2.92. The molecular formula is C16H19N3O2. The zero-order valence-electron chi connectivity index (χ0n) is 12.3. The van der Waals surface area contributed by atoms with Crippen LogP contribution in [0.4, 0.5) is 0 Å². The van der Waals surface area contributed by atoms with E-state index in [1.807, 2.05) is 25.1 Å². The first kappa shape index (κ1) is 13.8. The van der Waals surface area contributed by atoms with Crippen molar-refractivity contribution < 1.29 is 9.21 Å². The smallest absolute Gasteiger partial charge is 0.274 e. The zero-order valence-corrected chi connectivity index (χ0v) is 12.3. The SMILES string of the molecule is Cc1oc(C2CCC2)nc1C(=O)N[C@H](C)c1ccccn1. The number of carbonyl (C=O) groups excluding carboxylic acids is 1. The summed E-state index contributed by atoms with van der Waals surface area (Å²) in [6, 6.07) is 5.48. The minimum absolute atomic E-state index is 0.165. The van der Waals surface area contributed by atoms with E-state index in [1.165, 1.54) is 6.42 Å². The molecule has 5 nitrogen and oxygen atoms in total. The molecule has 1 fully saturated rings. The van der Waals surface area contributed by atoms with Crippen molar-refractivity contribution in [3.8, 4) is 0 Å². The fourth-order valence-corrected chi connectivity index (χ4v) is 2.43. The molecule has 0 spiro atoms. The maximum Gasteiger partial charge on any atom is 0.274 e.